The van der Waals surface area contributed by atoms with Gasteiger partial charge in [-0.3, -0.25) is 0 Å². The number of benzene rings is 1. The van der Waals surface area contributed by atoms with E-state index < -0.39 is 0 Å². The Hall–Kier alpha value is -2.10. The van der Waals surface area contributed by atoms with Crippen molar-refractivity contribution >= 4 is 5.95 Å². The van der Waals surface area contributed by atoms with Gasteiger partial charge in [-0.1, -0.05) is 25.5 Å². The largest absolute Gasteiger partial charge is 0.491 e. The molecule has 1 fully saturated rings. The van der Waals surface area contributed by atoms with E-state index in [4.69, 9.17) is 4.74 Å². The predicted molar refractivity (Wildman–Crippen MR) is 103 cm³/mol. The van der Waals surface area contributed by atoms with Gasteiger partial charge in [0.25, 0.3) is 0 Å². The van der Waals surface area contributed by atoms with Gasteiger partial charge in [0.15, 0.2) is 0 Å². The van der Waals surface area contributed by atoms with Gasteiger partial charge < -0.3 is 10.1 Å². The van der Waals surface area contributed by atoms with Crippen molar-refractivity contribution in [2.45, 2.75) is 65.0 Å². The van der Waals surface area contributed by atoms with Crippen LogP contribution < -0.4 is 10.1 Å². The average Bonchev–Trinajstić information content (AvgIpc) is 2.63. The Kier molecular flexibility index (Phi) is 5.90. The van der Waals surface area contributed by atoms with Crippen LogP contribution in [-0.4, -0.2) is 22.1 Å². The third-order valence-corrected chi connectivity index (χ3v) is 4.97. The smallest absolute Gasteiger partial charge is 0.222 e. The van der Waals surface area contributed by atoms with Crippen LogP contribution in [0.3, 0.4) is 0 Å². The Bertz CT molecular complexity index is 644. The van der Waals surface area contributed by atoms with Gasteiger partial charge in [0.1, 0.15) is 5.75 Å². The fourth-order valence-electron chi connectivity index (χ4n) is 3.45. The minimum absolute atomic E-state index is 0.187. The number of nitrogens with one attached hydrogen (secondary N) is 1. The van der Waals surface area contributed by atoms with Gasteiger partial charge in [-0.15, -0.1) is 0 Å². The molecule has 1 heterocycles. The van der Waals surface area contributed by atoms with Crippen molar-refractivity contribution < 1.29 is 4.74 Å². The molecule has 1 saturated carbocycles. The van der Waals surface area contributed by atoms with E-state index in [1.807, 2.05) is 38.4 Å². The van der Waals surface area contributed by atoms with Crippen LogP contribution in [0, 0.1) is 5.92 Å². The Labute approximate surface area is 151 Å². The van der Waals surface area contributed by atoms with Crippen LogP contribution in [0.15, 0.2) is 36.7 Å². The summed E-state index contributed by atoms with van der Waals surface area (Å²) < 4.78 is 5.68. The minimum Gasteiger partial charge on any atom is -0.491 e. The monoisotopic (exact) mass is 339 g/mol. The van der Waals surface area contributed by atoms with Crippen LogP contribution in [0.4, 0.5) is 5.95 Å². The summed E-state index contributed by atoms with van der Waals surface area (Å²) in [5, 5.41) is 3.49. The van der Waals surface area contributed by atoms with Crippen LogP contribution >= 0.6 is 0 Å². The molecule has 4 heteroatoms. The molecule has 1 aliphatic carbocycles. The Balaban J connectivity index is 1.58. The van der Waals surface area contributed by atoms with Crippen LogP contribution in [0.25, 0.3) is 11.1 Å². The highest BCUT2D eigenvalue weighted by atomic mass is 16.5. The maximum atomic E-state index is 5.68. The quantitative estimate of drug-likeness (QED) is 0.774. The first-order chi connectivity index (χ1) is 12.1. The molecule has 0 spiro atoms. The lowest BCUT2D eigenvalue weighted by atomic mass is 9.85. The summed E-state index contributed by atoms with van der Waals surface area (Å²) in [5.74, 6) is 2.54. The first-order valence-corrected chi connectivity index (χ1v) is 9.49. The van der Waals surface area contributed by atoms with Gasteiger partial charge in [-0.05, 0) is 63.1 Å². The van der Waals surface area contributed by atoms with Crippen molar-refractivity contribution in [2.75, 3.05) is 5.32 Å². The van der Waals surface area contributed by atoms with Crippen molar-refractivity contribution in [1.82, 2.24) is 9.97 Å². The van der Waals surface area contributed by atoms with Crippen molar-refractivity contribution in [3.8, 4) is 16.9 Å². The van der Waals surface area contributed by atoms with Crippen LogP contribution in [0.1, 0.15) is 52.9 Å². The number of ether oxygens (including phenoxy) is 1. The molecule has 0 aliphatic heterocycles. The van der Waals surface area contributed by atoms with E-state index in [1.165, 1.54) is 32.1 Å². The van der Waals surface area contributed by atoms with Gasteiger partial charge in [0, 0.05) is 24.0 Å². The van der Waals surface area contributed by atoms with Gasteiger partial charge in [0.2, 0.25) is 5.95 Å². The second-order valence-corrected chi connectivity index (χ2v) is 7.26. The fraction of sp³-hybridized carbons (Fsp3) is 0.524. The summed E-state index contributed by atoms with van der Waals surface area (Å²) in [6.45, 7) is 6.35. The Morgan fingerprint density at radius 1 is 1.00 bits per heavy atom. The molecule has 0 unspecified atom stereocenters. The molecule has 0 radical (unpaired) electrons. The van der Waals surface area contributed by atoms with Crippen LogP contribution in [0.2, 0.25) is 0 Å². The normalized spacial score (nSPS) is 20.5. The van der Waals surface area contributed by atoms with Crippen molar-refractivity contribution in [3.05, 3.63) is 36.7 Å². The number of hydrogen-bond donors (Lipinski definition) is 1. The van der Waals surface area contributed by atoms with Gasteiger partial charge in [-0.25, -0.2) is 9.97 Å². The molecule has 1 aromatic heterocycles. The van der Waals surface area contributed by atoms with Gasteiger partial charge in [-0.2, -0.15) is 0 Å². The molecule has 2 aromatic rings. The molecule has 0 amide bonds. The topological polar surface area (TPSA) is 47.0 Å². The molecule has 1 N–H and O–H groups in total. The lowest BCUT2D eigenvalue weighted by Crippen LogP contribution is -2.26. The van der Waals surface area contributed by atoms with Gasteiger partial charge >= 0.3 is 0 Å². The third kappa shape index (κ3) is 4.94. The molecular weight excluding hydrogens is 310 g/mol. The zero-order valence-corrected chi connectivity index (χ0v) is 15.5. The molecule has 134 valence electrons. The summed E-state index contributed by atoms with van der Waals surface area (Å²) >= 11 is 0. The third-order valence-electron chi connectivity index (χ3n) is 4.97. The molecule has 3 rings (SSSR count). The average molecular weight is 339 g/mol. The fourth-order valence-corrected chi connectivity index (χ4v) is 3.45. The van der Waals surface area contributed by atoms with Crippen molar-refractivity contribution in [1.29, 1.82) is 0 Å². The van der Waals surface area contributed by atoms with Crippen LogP contribution in [-0.2, 0) is 0 Å². The number of nitrogens with zero attached hydrogens (tertiary/aromatic N) is 2. The molecule has 0 bridgehead atoms. The molecule has 1 aliphatic rings. The summed E-state index contributed by atoms with van der Waals surface area (Å²) in [6, 6.07) is 8.60. The molecule has 4 nitrogen and oxygen atoms in total. The van der Waals surface area contributed by atoms with Crippen LogP contribution in [0.5, 0.6) is 5.75 Å². The highest BCUT2D eigenvalue weighted by Crippen LogP contribution is 2.28. The zero-order valence-electron chi connectivity index (χ0n) is 15.5. The van der Waals surface area contributed by atoms with E-state index in [9.17, 15) is 0 Å². The molecule has 25 heavy (non-hydrogen) atoms. The van der Waals surface area contributed by atoms with E-state index in [1.54, 1.807) is 0 Å². The first-order valence-electron chi connectivity index (χ1n) is 9.49. The van der Waals surface area contributed by atoms with E-state index >= 15 is 0 Å². The number of rotatable bonds is 6. The van der Waals surface area contributed by atoms with Crippen molar-refractivity contribution in [3.63, 3.8) is 0 Å². The lowest BCUT2D eigenvalue weighted by Gasteiger charge is -2.28. The van der Waals surface area contributed by atoms with E-state index in [0.29, 0.717) is 6.04 Å². The minimum atomic E-state index is 0.187. The molecule has 0 atom stereocenters. The zero-order chi connectivity index (χ0) is 17.6. The summed E-state index contributed by atoms with van der Waals surface area (Å²) in [6.07, 6.45) is 10.4. The van der Waals surface area contributed by atoms with E-state index in [2.05, 4.69) is 34.3 Å². The maximum Gasteiger partial charge on any atom is 0.222 e. The SMILES string of the molecule is CC[C@H]1CC[C@H](Nc2ncc(-c3ccc(OC(C)C)cc3)cn2)CC1. The Morgan fingerprint density at radius 2 is 1.64 bits per heavy atom. The summed E-state index contributed by atoms with van der Waals surface area (Å²) in [7, 11) is 0. The number of hydrogen-bond acceptors (Lipinski definition) is 4. The molecule has 1 aromatic carbocycles. The second-order valence-electron chi connectivity index (χ2n) is 7.26. The van der Waals surface area contributed by atoms with Gasteiger partial charge in [0.05, 0.1) is 6.10 Å². The standard InChI is InChI=1S/C21H29N3O/c1-4-16-5-9-19(10-6-16)24-21-22-13-18(14-23-21)17-7-11-20(12-8-17)25-15(2)3/h7-8,11-16,19H,4-6,9-10H2,1-3H3,(H,22,23,24)/t16-,19-. The van der Waals surface area contributed by atoms with Crippen molar-refractivity contribution in [2.24, 2.45) is 5.92 Å². The lowest BCUT2D eigenvalue weighted by molar-refractivity contribution is 0.242. The highest BCUT2D eigenvalue weighted by molar-refractivity contribution is 5.62. The second kappa shape index (κ2) is 8.32. The van der Waals surface area contributed by atoms with E-state index in [-0.39, 0.29) is 6.10 Å². The first kappa shape index (κ1) is 17.7. The number of aromatic nitrogens is 2. The predicted octanol–water partition coefficient (Wildman–Crippen LogP) is 5.31. The molecule has 0 saturated heterocycles. The highest BCUT2D eigenvalue weighted by Gasteiger charge is 2.20. The Morgan fingerprint density at radius 3 is 2.20 bits per heavy atom. The van der Waals surface area contributed by atoms with E-state index in [0.717, 1.165) is 28.7 Å². The maximum absolute atomic E-state index is 5.68. The summed E-state index contributed by atoms with van der Waals surface area (Å²) in [5.41, 5.74) is 2.13. The summed E-state index contributed by atoms with van der Waals surface area (Å²) in [4.78, 5) is 9.01. The number of anilines is 1. The molecular formula is C21H29N3O.